The quantitative estimate of drug-likeness (QED) is 0.682. The third kappa shape index (κ3) is 2.46. The predicted molar refractivity (Wildman–Crippen MR) is 77.4 cm³/mol. The number of benzene rings is 1. The van der Waals surface area contributed by atoms with Crippen LogP contribution in [-0.2, 0) is 25.7 Å². The third-order valence-electron chi connectivity index (χ3n) is 4.74. The van der Waals surface area contributed by atoms with Crippen molar-refractivity contribution >= 4 is 17.9 Å². The van der Waals surface area contributed by atoms with Crippen LogP contribution in [0.1, 0.15) is 18.4 Å². The van der Waals surface area contributed by atoms with Gasteiger partial charge in [0.15, 0.2) is 0 Å². The van der Waals surface area contributed by atoms with Crippen LogP contribution in [0.5, 0.6) is 0 Å². The van der Waals surface area contributed by atoms with Gasteiger partial charge in [-0.2, -0.15) is 0 Å². The minimum absolute atomic E-state index is 0.0256. The van der Waals surface area contributed by atoms with Crippen LogP contribution in [0.15, 0.2) is 30.3 Å². The zero-order chi connectivity index (χ0) is 16.6. The summed E-state index contributed by atoms with van der Waals surface area (Å²) in [5.74, 6) is -5.62. The Balaban J connectivity index is 1.80. The van der Waals surface area contributed by atoms with Crippen molar-refractivity contribution in [2.45, 2.75) is 31.0 Å². The molecule has 7 heteroatoms. The average Bonchev–Trinajstić information content (AvgIpc) is 3.11. The fourth-order valence-electron chi connectivity index (χ4n) is 3.73. The lowest BCUT2D eigenvalue weighted by Gasteiger charge is -2.31. The smallest absolute Gasteiger partial charge is 0.327 e. The fourth-order valence-corrected chi connectivity index (χ4v) is 3.73. The second-order valence-corrected chi connectivity index (χ2v) is 6.00. The molecule has 0 aliphatic carbocycles. The van der Waals surface area contributed by atoms with Gasteiger partial charge in [-0.3, -0.25) is 19.7 Å². The van der Waals surface area contributed by atoms with Crippen molar-refractivity contribution in [2.24, 2.45) is 11.8 Å². The summed E-state index contributed by atoms with van der Waals surface area (Å²) in [6.07, 6.45) is 0.715. The number of aliphatic carboxylic acids is 2. The summed E-state index contributed by atoms with van der Waals surface area (Å²) in [5.41, 5.74) is -0.666. The van der Waals surface area contributed by atoms with E-state index in [2.05, 4.69) is 5.32 Å². The second kappa shape index (κ2) is 5.66. The highest BCUT2D eigenvalue weighted by atomic mass is 16.5. The topological polar surface area (TPSA) is 113 Å². The molecule has 1 aromatic rings. The van der Waals surface area contributed by atoms with Gasteiger partial charge in [0.2, 0.25) is 0 Å². The van der Waals surface area contributed by atoms with Gasteiger partial charge in [-0.05, 0) is 18.4 Å². The maximum absolute atomic E-state index is 12.5. The van der Waals surface area contributed by atoms with Crippen LogP contribution < -0.4 is 5.32 Å². The van der Waals surface area contributed by atoms with Crippen molar-refractivity contribution in [1.29, 1.82) is 0 Å². The van der Waals surface area contributed by atoms with Crippen molar-refractivity contribution in [3.63, 3.8) is 0 Å². The number of nitrogens with one attached hydrogen (secondary N) is 1. The molecule has 2 aliphatic heterocycles. The Labute approximate surface area is 132 Å². The highest BCUT2D eigenvalue weighted by Gasteiger charge is 2.67. The minimum atomic E-state index is -1.45. The highest BCUT2D eigenvalue weighted by molar-refractivity contribution is 5.94. The maximum atomic E-state index is 12.5. The summed E-state index contributed by atoms with van der Waals surface area (Å²) in [6.45, 7) is 0.0256. The molecule has 2 saturated heterocycles. The second-order valence-electron chi connectivity index (χ2n) is 6.00. The SMILES string of the molecule is O=C(O)C1C2CCC(C(=O)OCc3ccccc3)(N2)C1C(=O)O. The van der Waals surface area contributed by atoms with E-state index in [-0.39, 0.29) is 13.0 Å². The van der Waals surface area contributed by atoms with Gasteiger partial charge in [0.25, 0.3) is 0 Å². The van der Waals surface area contributed by atoms with Gasteiger partial charge in [0, 0.05) is 6.04 Å². The first-order valence-electron chi connectivity index (χ1n) is 7.40. The number of hydrogen-bond acceptors (Lipinski definition) is 5. The van der Waals surface area contributed by atoms with Gasteiger partial charge < -0.3 is 14.9 Å². The molecule has 0 aromatic heterocycles. The van der Waals surface area contributed by atoms with E-state index in [0.717, 1.165) is 5.56 Å². The summed E-state index contributed by atoms with van der Waals surface area (Å²) in [6, 6.07) is 8.52. The van der Waals surface area contributed by atoms with Crippen LogP contribution in [0.4, 0.5) is 0 Å². The first-order valence-corrected chi connectivity index (χ1v) is 7.40. The molecule has 23 heavy (non-hydrogen) atoms. The minimum Gasteiger partial charge on any atom is -0.481 e. The molecule has 2 fully saturated rings. The Hall–Kier alpha value is -2.41. The monoisotopic (exact) mass is 319 g/mol. The number of esters is 1. The summed E-state index contributed by atoms with van der Waals surface area (Å²) >= 11 is 0. The van der Waals surface area contributed by atoms with Crippen LogP contribution in [0, 0.1) is 11.8 Å². The number of carbonyl (C=O) groups is 3. The normalized spacial score (nSPS) is 31.7. The maximum Gasteiger partial charge on any atom is 0.327 e. The van der Waals surface area contributed by atoms with Crippen LogP contribution in [0.3, 0.4) is 0 Å². The number of carbonyl (C=O) groups excluding carboxylic acids is 1. The average molecular weight is 319 g/mol. The summed E-state index contributed by atoms with van der Waals surface area (Å²) in [7, 11) is 0. The van der Waals surface area contributed by atoms with Gasteiger partial charge in [-0.25, -0.2) is 0 Å². The number of ether oxygens (including phenoxy) is 1. The number of carboxylic acid groups (broad SMARTS) is 2. The molecule has 4 unspecified atom stereocenters. The fraction of sp³-hybridized carbons (Fsp3) is 0.438. The van der Waals surface area contributed by atoms with Gasteiger partial charge in [-0.1, -0.05) is 30.3 Å². The Bertz CT molecular complexity index is 645. The third-order valence-corrected chi connectivity index (χ3v) is 4.74. The number of hydrogen-bond donors (Lipinski definition) is 3. The first kappa shape index (κ1) is 15.5. The van der Waals surface area contributed by atoms with Crippen molar-refractivity contribution in [1.82, 2.24) is 5.32 Å². The largest absolute Gasteiger partial charge is 0.481 e. The molecule has 3 rings (SSSR count). The predicted octanol–water partition coefficient (Wildman–Crippen LogP) is 0.636. The van der Waals surface area contributed by atoms with E-state index in [9.17, 15) is 24.6 Å². The van der Waals surface area contributed by atoms with E-state index in [4.69, 9.17) is 4.74 Å². The molecule has 4 atom stereocenters. The lowest BCUT2D eigenvalue weighted by Crippen LogP contribution is -2.54. The molecule has 0 spiro atoms. The Morgan fingerprint density at radius 3 is 2.48 bits per heavy atom. The van der Waals surface area contributed by atoms with Crippen molar-refractivity contribution in [3.8, 4) is 0 Å². The van der Waals surface area contributed by atoms with Crippen molar-refractivity contribution in [3.05, 3.63) is 35.9 Å². The molecule has 2 heterocycles. The van der Waals surface area contributed by atoms with E-state index in [1.54, 1.807) is 24.3 Å². The van der Waals surface area contributed by atoms with E-state index >= 15 is 0 Å². The standard InChI is InChI=1S/C16H17NO6/c18-13(19)11-10-6-7-16(17-10,12(11)14(20)21)15(22)23-8-9-4-2-1-3-5-9/h1-5,10-12,17H,6-8H2,(H,18,19)(H,20,21). The van der Waals surface area contributed by atoms with Gasteiger partial charge in [0.05, 0.1) is 5.92 Å². The molecule has 3 N–H and O–H groups in total. The number of carboxylic acids is 2. The molecule has 7 nitrogen and oxygen atoms in total. The van der Waals surface area contributed by atoms with E-state index in [0.29, 0.717) is 6.42 Å². The highest BCUT2D eigenvalue weighted by Crippen LogP contribution is 2.47. The summed E-state index contributed by atoms with van der Waals surface area (Å²) < 4.78 is 5.28. The van der Waals surface area contributed by atoms with Crippen LogP contribution in [0.25, 0.3) is 0 Å². The van der Waals surface area contributed by atoms with Crippen LogP contribution in [-0.4, -0.2) is 39.7 Å². The molecule has 122 valence electrons. The van der Waals surface area contributed by atoms with E-state index in [1.165, 1.54) is 0 Å². The Morgan fingerprint density at radius 2 is 1.87 bits per heavy atom. The molecule has 0 amide bonds. The van der Waals surface area contributed by atoms with Crippen LogP contribution >= 0.6 is 0 Å². The molecular formula is C16H17NO6. The van der Waals surface area contributed by atoms with E-state index < -0.39 is 41.3 Å². The molecular weight excluding hydrogens is 302 g/mol. The first-order chi connectivity index (χ1) is 11.0. The van der Waals surface area contributed by atoms with Crippen molar-refractivity contribution < 1.29 is 29.3 Å². The zero-order valence-corrected chi connectivity index (χ0v) is 12.3. The zero-order valence-electron chi connectivity index (χ0n) is 12.3. The van der Waals surface area contributed by atoms with Gasteiger partial charge in [0.1, 0.15) is 18.1 Å². The molecule has 0 saturated carbocycles. The molecule has 2 aliphatic rings. The Kier molecular flexibility index (Phi) is 3.81. The van der Waals surface area contributed by atoms with Crippen LogP contribution in [0.2, 0.25) is 0 Å². The lowest BCUT2D eigenvalue weighted by atomic mass is 9.71. The molecule has 1 aromatic carbocycles. The lowest BCUT2D eigenvalue weighted by molar-refractivity contribution is -0.165. The van der Waals surface area contributed by atoms with Gasteiger partial charge in [-0.15, -0.1) is 0 Å². The van der Waals surface area contributed by atoms with Gasteiger partial charge >= 0.3 is 17.9 Å². The number of rotatable bonds is 5. The number of fused-ring (bicyclic) bond motifs is 2. The molecule has 0 radical (unpaired) electrons. The summed E-state index contributed by atoms with van der Waals surface area (Å²) in [5, 5.41) is 21.7. The Morgan fingerprint density at radius 1 is 1.17 bits per heavy atom. The van der Waals surface area contributed by atoms with Crippen molar-refractivity contribution in [2.75, 3.05) is 0 Å². The van der Waals surface area contributed by atoms with E-state index in [1.807, 2.05) is 6.07 Å². The molecule has 2 bridgehead atoms. The summed E-state index contributed by atoms with van der Waals surface area (Å²) in [4.78, 5) is 35.5.